The Bertz CT molecular complexity index is 437. The summed E-state index contributed by atoms with van der Waals surface area (Å²) in [7, 11) is 0. The molecule has 0 saturated heterocycles. The van der Waals surface area contributed by atoms with Gasteiger partial charge in [-0.25, -0.2) is 0 Å². The van der Waals surface area contributed by atoms with E-state index < -0.39 is 0 Å². The van der Waals surface area contributed by atoms with Crippen LogP contribution in [0, 0.1) is 3.57 Å². The van der Waals surface area contributed by atoms with Crippen molar-refractivity contribution in [2.75, 3.05) is 0 Å². The van der Waals surface area contributed by atoms with Gasteiger partial charge in [-0.2, -0.15) is 0 Å². The summed E-state index contributed by atoms with van der Waals surface area (Å²) in [5.41, 5.74) is 2.13. The predicted molar refractivity (Wildman–Crippen MR) is 51.4 cm³/mol. The minimum absolute atomic E-state index is 0.108. The Morgan fingerprint density at radius 3 is 2.29 bits per heavy atom. The molecule has 2 rings (SSSR count). The summed E-state index contributed by atoms with van der Waals surface area (Å²) < 4.78 is 0.828. The highest BCUT2D eigenvalue weighted by atomic mass is 127. The first-order valence-corrected chi connectivity index (χ1v) is 5.48. The monoisotopic (exact) mass is 296 g/mol. The van der Waals surface area contributed by atoms with Crippen LogP contribution in [0.5, 0.6) is 5.75 Å². The Balaban J connectivity index is 2.58. The third-order valence-corrected chi connectivity index (χ3v) is 3.27. The molecule has 0 amide bonds. The number of benzene rings is 2. The molecular weight excluding hydrogens is 287 g/mol. The number of hydrogen-bond acceptors (Lipinski definition) is 1. The molecule has 0 fully saturated rings. The molecule has 2 aromatic carbocycles. The lowest BCUT2D eigenvalue weighted by atomic mass is 10.1. The molecule has 0 spiro atoms. The number of hydrogen-bond donors (Lipinski definition) is 0. The Kier molecular flexibility index (Phi) is 2.72. The molecule has 2 aromatic rings. The molecule has 14 heavy (non-hydrogen) atoms. The second-order valence-electron chi connectivity index (χ2n) is 3.00. The van der Waals surface area contributed by atoms with E-state index >= 15 is 0 Å². The van der Waals surface area contributed by atoms with Crippen LogP contribution in [0.3, 0.4) is 0 Å². The molecule has 0 N–H and O–H groups in total. The fraction of sp³-hybridized carbons (Fsp3) is 0. The lowest BCUT2D eigenvalue weighted by Crippen LogP contribution is -3.34. The van der Waals surface area contributed by atoms with E-state index in [1.807, 2.05) is 36.4 Å². The summed E-state index contributed by atoms with van der Waals surface area (Å²) in [6, 6.07) is 15.4. The van der Waals surface area contributed by atoms with Crippen LogP contribution < -0.4 is 27.7 Å². The summed E-state index contributed by atoms with van der Waals surface area (Å²) in [5, 5.41) is 11.4. The molecule has 0 aliphatic heterocycles. The molecular formula is C12H9IO. The van der Waals surface area contributed by atoms with Gasteiger partial charge in [0.25, 0.3) is 22.6 Å². The molecule has 0 bridgehead atoms. The fourth-order valence-electron chi connectivity index (χ4n) is 1.36. The van der Waals surface area contributed by atoms with E-state index in [4.69, 9.17) is 0 Å². The highest BCUT2D eigenvalue weighted by molar-refractivity contribution is 5.63. The minimum Gasteiger partial charge on any atom is -0.869 e. The van der Waals surface area contributed by atoms with Crippen LogP contribution in [0.4, 0.5) is 0 Å². The number of rotatable bonds is 1. The Morgan fingerprint density at radius 2 is 1.57 bits per heavy atom. The smallest absolute Gasteiger partial charge is 0.296 e. The fourth-order valence-corrected chi connectivity index (χ4v) is 2.09. The van der Waals surface area contributed by atoms with Gasteiger partial charge in [0.2, 0.25) is 0 Å². The third-order valence-electron chi connectivity index (χ3n) is 2.06. The normalized spacial score (nSPS) is 10.1. The van der Waals surface area contributed by atoms with Crippen LogP contribution in [-0.4, -0.2) is 0 Å². The Morgan fingerprint density at radius 1 is 0.857 bits per heavy atom. The standard InChI is InChI=1S/C12H9IO/c13-12-10(7-4-8-11(12)14)9-5-2-1-3-6-9/h1-8,13H. The topological polar surface area (TPSA) is 23.1 Å². The third kappa shape index (κ3) is 1.75. The zero-order valence-corrected chi connectivity index (χ0v) is 9.77. The molecule has 70 valence electrons. The molecule has 0 radical (unpaired) electrons. The van der Waals surface area contributed by atoms with Crippen LogP contribution in [0.1, 0.15) is 0 Å². The Hall–Kier alpha value is -1.03. The summed E-state index contributed by atoms with van der Waals surface area (Å²) in [6.45, 7) is 0. The second kappa shape index (κ2) is 4.00. The van der Waals surface area contributed by atoms with Crippen molar-refractivity contribution < 1.29 is 27.7 Å². The first kappa shape index (κ1) is 9.52. The molecule has 0 heterocycles. The van der Waals surface area contributed by atoms with Gasteiger partial charge in [-0.15, -0.1) is 0 Å². The van der Waals surface area contributed by atoms with Gasteiger partial charge >= 0.3 is 0 Å². The molecule has 0 unspecified atom stereocenters. The lowest BCUT2D eigenvalue weighted by Gasteiger charge is -2.07. The molecule has 0 atom stereocenters. The average molecular weight is 296 g/mol. The quantitative estimate of drug-likeness (QED) is 0.612. The van der Waals surface area contributed by atoms with Gasteiger partial charge in [-0.1, -0.05) is 48.2 Å². The second-order valence-corrected chi connectivity index (χ2v) is 4.16. The molecule has 0 saturated carbocycles. The first-order chi connectivity index (χ1) is 6.79. The zero-order chi connectivity index (χ0) is 9.97. The lowest BCUT2D eigenvalue weighted by molar-refractivity contribution is -0.362. The molecule has 1 nitrogen and oxygen atoms in total. The van der Waals surface area contributed by atoms with Crippen molar-refractivity contribution in [1.82, 2.24) is 0 Å². The van der Waals surface area contributed by atoms with Gasteiger partial charge in [0, 0.05) is 5.56 Å². The van der Waals surface area contributed by atoms with Crippen molar-refractivity contribution in [3.05, 3.63) is 52.1 Å². The first-order valence-electron chi connectivity index (χ1n) is 4.31. The molecule has 0 aliphatic rings. The van der Waals surface area contributed by atoms with Crippen LogP contribution in [0.2, 0.25) is 0 Å². The van der Waals surface area contributed by atoms with Crippen molar-refractivity contribution in [1.29, 1.82) is 0 Å². The van der Waals surface area contributed by atoms with Crippen LogP contribution >= 0.6 is 0 Å². The van der Waals surface area contributed by atoms with E-state index in [1.54, 1.807) is 34.7 Å². The summed E-state index contributed by atoms with van der Waals surface area (Å²) in [6.07, 6.45) is 0. The summed E-state index contributed by atoms with van der Waals surface area (Å²) in [4.78, 5) is 0. The van der Waals surface area contributed by atoms with Gasteiger partial charge in [0.05, 0.1) is 0 Å². The molecule has 2 heteroatoms. The van der Waals surface area contributed by atoms with E-state index in [1.165, 1.54) is 0 Å². The summed E-state index contributed by atoms with van der Waals surface area (Å²) in [5.74, 6) is 0.108. The van der Waals surface area contributed by atoms with Gasteiger partial charge in [0.15, 0.2) is 3.57 Å². The van der Waals surface area contributed by atoms with Crippen LogP contribution in [0.15, 0.2) is 48.5 Å². The van der Waals surface area contributed by atoms with E-state index in [0.717, 1.165) is 14.7 Å². The SMILES string of the molecule is [O-]c1cccc(-c2ccccc2)c1[IH+]. The molecule has 0 aromatic heterocycles. The van der Waals surface area contributed by atoms with Crippen molar-refractivity contribution in [2.24, 2.45) is 0 Å². The minimum atomic E-state index is 0.108. The van der Waals surface area contributed by atoms with Crippen molar-refractivity contribution in [2.45, 2.75) is 0 Å². The van der Waals surface area contributed by atoms with Gasteiger partial charge in [-0.3, -0.25) is 0 Å². The maximum Gasteiger partial charge on any atom is 0.296 e. The molecule has 0 aliphatic carbocycles. The average Bonchev–Trinajstić information content (AvgIpc) is 2.23. The van der Waals surface area contributed by atoms with E-state index in [-0.39, 0.29) is 5.75 Å². The summed E-state index contributed by atoms with van der Waals surface area (Å²) >= 11 is 1.79. The van der Waals surface area contributed by atoms with Crippen LogP contribution in [-0.2, 0) is 0 Å². The maximum absolute atomic E-state index is 11.4. The van der Waals surface area contributed by atoms with Gasteiger partial charge in [-0.05, 0) is 11.6 Å². The van der Waals surface area contributed by atoms with Gasteiger partial charge < -0.3 is 5.11 Å². The van der Waals surface area contributed by atoms with E-state index in [9.17, 15) is 5.11 Å². The number of halogens is 1. The van der Waals surface area contributed by atoms with Gasteiger partial charge in [0.1, 0.15) is 0 Å². The largest absolute Gasteiger partial charge is 0.869 e. The maximum atomic E-state index is 11.4. The highest BCUT2D eigenvalue weighted by Crippen LogP contribution is 2.21. The highest BCUT2D eigenvalue weighted by Gasteiger charge is 2.07. The van der Waals surface area contributed by atoms with Crippen LogP contribution in [0.25, 0.3) is 11.1 Å². The van der Waals surface area contributed by atoms with E-state index in [0.29, 0.717) is 0 Å². The van der Waals surface area contributed by atoms with E-state index in [2.05, 4.69) is 0 Å². The zero-order valence-electron chi connectivity index (χ0n) is 7.44. The van der Waals surface area contributed by atoms with Crippen molar-refractivity contribution in [3.8, 4) is 16.9 Å². The van der Waals surface area contributed by atoms with Crippen molar-refractivity contribution >= 4 is 0 Å². The Labute approximate surface area is 96.5 Å². The van der Waals surface area contributed by atoms with Crippen molar-refractivity contribution in [3.63, 3.8) is 0 Å². The predicted octanol–water partition coefficient (Wildman–Crippen LogP) is -1.12.